The fourth-order valence-electron chi connectivity index (χ4n) is 2.02. The lowest BCUT2D eigenvalue weighted by Gasteiger charge is -2.07. The average Bonchev–Trinajstić information content (AvgIpc) is 2.60. The van der Waals surface area contributed by atoms with E-state index in [0.717, 1.165) is 11.1 Å². The maximum Gasteiger partial charge on any atom is 0.329 e. The number of nitrogens with zero attached hydrogens (tertiary/aromatic N) is 1. The Kier molecular flexibility index (Phi) is 7.17. The largest absolute Gasteiger partial charge is 0.489 e. The molecule has 0 aliphatic carbocycles. The van der Waals surface area contributed by atoms with Gasteiger partial charge < -0.3 is 10.1 Å². The molecule has 136 valence electrons. The fourth-order valence-corrected chi connectivity index (χ4v) is 2.23. The van der Waals surface area contributed by atoms with Crippen LogP contribution in [0.1, 0.15) is 25.0 Å². The van der Waals surface area contributed by atoms with Crippen LogP contribution in [0.25, 0.3) is 0 Å². The zero-order chi connectivity index (χ0) is 18.9. The Balaban J connectivity index is 1.90. The summed E-state index contributed by atoms with van der Waals surface area (Å²) >= 11 is 5.95. The van der Waals surface area contributed by atoms with Crippen molar-refractivity contribution < 1.29 is 14.3 Å². The predicted octanol–water partition coefficient (Wildman–Crippen LogP) is 2.89. The normalized spacial score (nSPS) is 10.8. The average molecular weight is 374 g/mol. The molecule has 0 radical (unpaired) electrons. The van der Waals surface area contributed by atoms with E-state index in [1.54, 1.807) is 32.0 Å². The van der Waals surface area contributed by atoms with Crippen molar-refractivity contribution in [3.8, 4) is 5.75 Å². The van der Waals surface area contributed by atoms with E-state index in [2.05, 4.69) is 15.8 Å². The van der Waals surface area contributed by atoms with Crippen molar-refractivity contribution in [2.24, 2.45) is 5.10 Å². The van der Waals surface area contributed by atoms with E-state index in [1.807, 2.05) is 30.3 Å². The van der Waals surface area contributed by atoms with Gasteiger partial charge in [0.05, 0.1) is 6.21 Å². The van der Waals surface area contributed by atoms with Crippen molar-refractivity contribution in [3.05, 3.63) is 64.7 Å². The van der Waals surface area contributed by atoms with E-state index in [-0.39, 0.29) is 6.04 Å². The second-order valence-corrected chi connectivity index (χ2v) is 6.25. The van der Waals surface area contributed by atoms with E-state index in [1.165, 1.54) is 6.21 Å². The molecule has 2 amide bonds. The van der Waals surface area contributed by atoms with E-state index >= 15 is 0 Å². The van der Waals surface area contributed by atoms with Gasteiger partial charge >= 0.3 is 11.8 Å². The van der Waals surface area contributed by atoms with Gasteiger partial charge in [-0.15, -0.1) is 0 Å². The summed E-state index contributed by atoms with van der Waals surface area (Å²) in [4.78, 5) is 23.0. The minimum Gasteiger partial charge on any atom is -0.489 e. The lowest BCUT2D eigenvalue weighted by Crippen LogP contribution is -2.41. The molecule has 2 aromatic rings. The smallest absolute Gasteiger partial charge is 0.329 e. The maximum absolute atomic E-state index is 11.6. The minimum absolute atomic E-state index is 0.120. The summed E-state index contributed by atoms with van der Waals surface area (Å²) in [6, 6.07) is 14.5. The number of hydrazone groups is 1. The van der Waals surface area contributed by atoms with Gasteiger partial charge in [-0.2, -0.15) is 5.10 Å². The molecule has 2 N–H and O–H groups in total. The number of amides is 2. The third-order valence-corrected chi connectivity index (χ3v) is 3.39. The van der Waals surface area contributed by atoms with Crippen LogP contribution in [-0.2, 0) is 16.2 Å². The van der Waals surface area contributed by atoms with Crippen LogP contribution in [0, 0.1) is 0 Å². The number of nitrogens with one attached hydrogen (secondary N) is 2. The minimum atomic E-state index is -0.816. The number of carbonyl (C=O) groups excluding carboxylic acids is 2. The molecule has 0 aliphatic rings. The molecular formula is C19H20ClN3O3. The number of hydrogen-bond donors (Lipinski definition) is 2. The Morgan fingerprint density at radius 3 is 2.65 bits per heavy atom. The molecule has 0 aromatic heterocycles. The molecule has 0 saturated heterocycles. The number of hydrogen-bond acceptors (Lipinski definition) is 4. The quantitative estimate of drug-likeness (QED) is 0.464. The summed E-state index contributed by atoms with van der Waals surface area (Å²) in [6.07, 6.45) is 1.44. The van der Waals surface area contributed by atoms with Gasteiger partial charge in [0.25, 0.3) is 0 Å². The van der Waals surface area contributed by atoms with Gasteiger partial charge in [-0.1, -0.05) is 35.9 Å². The zero-order valence-electron chi connectivity index (χ0n) is 14.5. The second-order valence-electron chi connectivity index (χ2n) is 5.82. The van der Waals surface area contributed by atoms with Crippen LogP contribution in [0.15, 0.2) is 53.6 Å². The lowest BCUT2D eigenvalue weighted by molar-refractivity contribution is -0.139. The first-order valence-electron chi connectivity index (χ1n) is 8.05. The summed E-state index contributed by atoms with van der Waals surface area (Å²) in [5.41, 5.74) is 3.86. The molecule has 0 aliphatic heterocycles. The van der Waals surface area contributed by atoms with Crippen molar-refractivity contribution in [3.63, 3.8) is 0 Å². The predicted molar refractivity (Wildman–Crippen MR) is 101 cm³/mol. The molecule has 0 unspecified atom stereocenters. The van der Waals surface area contributed by atoms with Crippen molar-refractivity contribution in [2.75, 3.05) is 0 Å². The molecule has 2 aromatic carbocycles. The van der Waals surface area contributed by atoms with Gasteiger partial charge in [0, 0.05) is 11.1 Å². The highest BCUT2D eigenvalue weighted by Crippen LogP contribution is 2.16. The van der Waals surface area contributed by atoms with Gasteiger partial charge in [0.15, 0.2) is 0 Å². The molecule has 0 bridgehead atoms. The number of benzene rings is 2. The van der Waals surface area contributed by atoms with Gasteiger partial charge in [0.1, 0.15) is 12.4 Å². The Morgan fingerprint density at radius 2 is 1.92 bits per heavy atom. The van der Waals surface area contributed by atoms with Crippen LogP contribution in [0.4, 0.5) is 0 Å². The SMILES string of the molecule is CC(C)NC(=O)C(=O)N/N=C\c1cccc(OCc2cccc(Cl)c2)c1. The molecule has 26 heavy (non-hydrogen) atoms. The molecule has 0 atom stereocenters. The molecule has 2 rings (SSSR count). The summed E-state index contributed by atoms with van der Waals surface area (Å²) in [5, 5.41) is 6.92. The monoisotopic (exact) mass is 373 g/mol. The fraction of sp³-hybridized carbons (Fsp3) is 0.211. The van der Waals surface area contributed by atoms with Crippen LogP contribution in [0.3, 0.4) is 0 Å². The number of ether oxygens (including phenoxy) is 1. The second kappa shape index (κ2) is 9.58. The molecular weight excluding hydrogens is 354 g/mol. The third-order valence-electron chi connectivity index (χ3n) is 3.16. The van der Waals surface area contributed by atoms with Crippen molar-refractivity contribution in [1.29, 1.82) is 0 Å². The molecule has 7 heteroatoms. The standard InChI is InChI=1S/C19H20ClN3O3/c1-13(2)22-18(24)19(25)23-21-11-14-5-4-8-17(10-14)26-12-15-6-3-7-16(20)9-15/h3-11,13H,12H2,1-2H3,(H,22,24)(H,23,25)/b21-11-. The maximum atomic E-state index is 11.6. The van der Waals surface area contributed by atoms with E-state index in [9.17, 15) is 9.59 Å². The van der Waals surface area contributed by atoms with Crippen LogP contribution in [0.5, 0.6) is 5.75 Å². The van der Waals surface area contributed by atoms with Crippen LogP contribution >= 0.6 is 11.6 Å². The highest BCUT2D eigenvalue weighted by atomic mass is 35.5. The van der Waals surface area contributed by atoms with E-state index < -0.39 is 11.8 Å². The Hall–Kier alpha value is -2.86. The van der Waals surface area contributed by atoms with Crippen LogP contribution in [0.2, 0.25) is 5.02 Å². The van der Waals surface area contributed by atoms with E-state index in [4.69, 9.17) is 16.3 Å². The number of rotatable bonds is 6. The summed E-state index contributed by atoms with van der Waals surface area (Å²) < 4.78 is 5.73. The Bertz CT molecular complexity index is 806. The zero-order valence-corrected chi connectivity index (χ0v) is 15.3. The first-order valence-corrected chi connectivity index (χ1v) is 8.43. The van der Waals surface area contributed by atoms with Crippen molar-refractivity contribution in [1.82, 2.24) is 10.7 Å². The molecule has 0 saturated carbocycles. The molecule has 0 heterocycles. The van der Waals surface area contributed by atoms with Crippen LogP contribution < -0.4 is 15.5 Å². The highest BCUT2D eigenvalue weighted by molar-refractivity contribution is 6.35. The number of halogens is 1. The van der Waals surface area contributed by atoms with Crippen molar-refractivity contribution in [2.45, 2.75) is 26.5 Å². The first-order chi connectivity index (χ1) is 12.4. The van der Waals surface area contributed by atoms with Crippen LogP contribution in [-0.4, -0.2) is 24.1 Å². The van der Waals surface area contributed by atoms with Gasteiger partial charge in [-0.3, -0.25) is 9.59 Å². The Morgan fingerprint density at radius 1 is 1.15 bits per heavy atom. The summed E-state index contributed by atoms with van der Waals surface area (Å²) in [6.45, 7) is 3.92. The molecule has 0 spiro atoms. The highest BCUT2D eigenvalue weighted by Gasteiger charge is 2.12. The lowest BCUT2D eigenvalue weighted by atomic mass is 10.2. The summed E-state index contributed by atoms with van der Waals surface area (Å²) in [7, 11) is 0. The van der Waals surface area contributed by atoms with Gasteiger partial charge in [0.2, 0.25) is 0 Å². The third kappa shape index (κ3) is 6.57. The van der Waals surface area contributed by atoms with E-state index in [0.29, 0.717) is 17.4 Å². The summed E-state index contributed by atoms with van der Waals surface area (Å²) in [5.74, 6) is -0.892. The van der Waals surface area contributed by atoms with Crippen molar-refractivity contribution >= 4 is 29.6 Å². The topological polar surface area (TPSA) is 79.8 Å². The number of carbonyl (C=O) groups is 2. The van der Waals surface area contributed by atoms with Gasteiger partial charge in [-0.25, -0.2) is 5.43 Å². The first kappa shape index (κ1) is 19.5. The Labute approximate surface area is 157 Å². The molecule has 6 nitrogen and oxygen atoms in total. The van der Waals surface area contributed by atoms with Gasteiger partial charge in [-0.05, 0) is 49.2 Å². The molecule has 0 fully saturated rings.